The number of amidine groups is 1. The molecule has 0 aliphatic heterocycles. The number of carbonyl (C=O) groups is 1. The van der Waals surface area contributed by atoms with Gasteiger partial charge in [0.15, 0.2) is 0 Å². The zero-order chi connectivity index (χ0) is 12.7. The van der Waals surface area contributed by atoms with E-state index in [0.29, 0.717) is 5.56 Å². The van der Waals surface area contributed by atoms with Crippen LogP contribution in [0.4, 0.5) is 4.79 Å². The highest BCUT2D eigenvalue weighted by molar-refractivity contribution is 6.02. The molecule has 0 radical (unpaired) electrons. The second kappa shape index (κ2) is 6.40. The van der Waals surface area contributed by atoms with Crippen LogP contribution in [0.25, 0.3) is 0 Å². The van der Waals surface area contributed by atoms with Crippen molar-refractivity contribution < 1.29 is 19.5 Å². The Bertz CT molecular complexity index is 421. The Hall–Kier alpha value is -2.19. The number of aromatic nitrogens is 1. The lowest BCUT2D eigenvalue weighted by molar-refractivity contribution is 0.100. The molecule has 0 bridgehead atoms. The maximum absolute atomic E-state index is 10.3. The first kappa shape index (κ1) is 12.9. The Morgan fingerprint density at radius 2 is 2.29 bits per heavy atom. The maximum atomic E-state index is 10.3. The van der Waals surface area contributed by atoms with E-state index in [1.54, 1.807) is 0 Å². The van der Waals surface area contributed by atoms with Crippen molar-refractivity contribution >= 4 is 11.9 Å². The van der Waals surface area contributed by atoms with E-state index in [0.717, 1.165) is 0 Å². The summed E-state index contributed by atoms with van der Waals surface area (Å²) in [7, 11) is 0. The zero-order valence-corrected chi connectivity index (χ0v) is 8.87. The molecule has 0 atom stereocenters. The largest absolute Gasteiger partial charge is 0.475 e. The molecule has 0 spiro atoms. The van der Waals surface area contributed by atoms with Gasteiger partial charge in [-0.2, -0.15) is 4.99 Å². The van der Waals surface area contributed by atoms with Crippen molar-refractivity contribution in [3.05, 3.63) is 23.9 Å². The normalized spacial score (nSPS) is 11.2. The van der Waals surface area contributed by atoms with E-state index in [1.165, 1.54) is 18.3 Å². The minimum absolute atomic E-state index is 0.125. The topological polar surface area (TPSA) is 133 Å². The Morgan fingerprint density at radius 1 is 1.53 bits per heavy atom. The summed E-state index contributed by atoms with van der Waals surface area (Å²) in [6.45, 7) is 0.438. The van der Waals surface area contributed by atoms with Gasteiger partial charge in [0.1, 0.15) is 19.0 Å². The van der Waals surface area contributed by atoms with Crippen molar-refractivity contribution in [1.29, 1.82) is 0 Å². The molecule has 0 unspecified atom stereocenters. The SMILES string of the molecule is NOCCOc1cc(C(N)=NC(=O)O)ccn1. The lowest BCUT2D eigenvalue weighted by atomic mass is 10.2. The number of amides is 1. The molecule has 0 aliphatic carbocycles. The van der Waals surface area contributed by atoms with Gasteiger partial charge >= 0.3 is 6.09 Å². The number of hydrogen-bond donors (Lipinski definition) is 3. The highest BCUT2D eigenvalue weighted by Crippen LogP contribution is 2.09. The standard InChI is InChI=1S/C9H12N4O4/c10-8(13-9(14)15)6-1-2-12-7(5-6)16-3-4-17-11/h1-2,5H,3-4,11H2,(H2,10,13)(H,14,15). The lowest BCUT2D eigenvalue weighted by Gasteiger charge is -2.05. The van der Waals surface area contributed by atoms with Crippen molar-refractivity contribution in [3.63, 3.8) is 0 Å². The number of hydrogen-bond acceptors (Lipinski definition) is 5. The number of nitrogens with two attached hydrogens (primary N) is 2. The minimum atomic E-state index is -1.36. The molecule has 0 aromatic carbocycles. The second-order valence-electron chi connectivity index (χ2n) is 2.88. The molecule has 17 heavy (non-hydrogen) atoms. The molecule has 92 valence electrons. The molecule has 1 amide bonds. The van der Waals surface area contributed by atoms with Crippen LogP contribution in [0.1, 0.15) is 5.56 Å². The summed E-state index contributed by atoms with van der Waals surface area (Å²) in [6, 6.07) is 2.99. The van der Waals surface area contributed by atoms with Gasteiger partial charge < -0.3 is 20.4 Å². The Morgan fingerprint density at radius 3 is 2.94 bits per heavy atom. The number of nitrogens with zero attached hydrogens (tertiary/aromatic N) is 2. The molecule has 5 N–H and O–H groups in total. The van der Waals surface area contributed by atoms with E-state index in [2.05, 4.69) is 14.8 Å². The molecule has 1 aromatic heterocycles. The number of aliphatic imine (C=N–C) groups is 1. The van der Waals surface area contributed by atoms with E-state index in [-0.39, 0.29) is 24.9 Å². The van der Waals surface area contributed by atoms with E-state index < -0.39 is 6.09 Å². The van der Waals surface area contributed by atoms with Crippen LogP contribution in [0.15, 0.2) is 23.3 Å². The molecule has 8 nitrogen and oxygen atoms in total. The number of carboxylic acid groups (broad SMARTS) is 1. The van der Waals surface area contributed by atoms with Crippen molar-refractivity contribution in [2.45, 2.75) is 0 Å². The van der Waals surface area contributed by atoms with E-state index in [4.69, 9.17) is 21.5 Å². The summed E-state index contributed by atoms with van der Waals surface area (Å²) in [5.41, 5.74) is 5.87. The van der Waals surface area contributed by atoms with Gasteiger partial charge in [-0.05, 0) is 6.07 Å². The van der Waals surface area contributed by atoms with E-state index in [1.807, 2.05) is 0 Å². The first-order valence-corrected chi connectivity index (χ1v) is 4.61. The van der Waals surface area contributed by atoms with Gasteiger partial charge in [-0.15, -0.1) is 0 Å². The molecule has 1 rings (SSSR count). The lowest BCUT2D eigenvalue weighted by Crippen LogP contribution is -2.16. The number of rotatable bonds is 5. The van der Waals surface area contributed by atoms with Gasteiger partial charge in [0.05, 0.1) is 0 Å². The molecule has 1 heterocycles. The fourth-order valence-electron chi connectivity index (χ4n) is 1.01. The van der Waals surface area contributed by atoms with Crippen molar-refractivity contribution in [2.24, 2.45) is 16.6 Å². The quantitative estimate of drug-likeness (QED) is 0.279. The number of pyridine rings is 1. The van der Waals surface area contributed by atoms with Gasteiger partial charge in [-0.1, -0.05) is 0 Å². The van der Waals surface area contributed by atoms with Crippen molar-refractivity contribution in [3.8, 4) is 5.88 Å². The Labute approximate surface area is 96.8 Å². The van der Waals surface area contributed by atoms with Gasteiger partial charge in [0, 0.05) is 17.8 Å². The monoisotopic (exact) mass is 240 g/mol. The molecular weight excluding hydrogens is 228 g/mol. The number of ether oxygens (including phenoxy) is 1. The third kappa shape index (κ3) is 4.45. The summed E-state index contributed by atoms with van der Waals surface area (Å²) in [5.74, 6) is 4.98. The summed E-state index contributed by atoms with van der Waals surface area (Å²) in [6.07, 6.45) is 0.0661. The second-order valence-corrected chi connectivity index (χ2v) is 2.88. The van der Waals surface area contributed by atoms with Crippen LogP contribution in [0.2, 0.25) is 0 Å². The first-order chi connectivity index (χ1) is 8.13. The molecule has 0 saturated heterocycles. The van der Waals surface area contributed by atoms with Crippen LogP contribution in [0.5, 0.6) is 5.88 Å². The fraction of sp³-hybridized carbons (Fsp3) is 0.222. The van der Waals surface area contributed by atoms with Gasteiger partial charge in [-0.3, -0.25) is 0 Å². The van der Waals surface area contributed by atoms with Gasteiger partial charge in [0.25, 0.3) is 0 Å². The van der Waals surface area contributed by atoms with Crippen LogP contribution >= 0.6 is 0 Å². The molecule has 0 saturated carbocycles. The third-order valence-electron chi connectivity index (χ3n) is 1.70. The molecule has 8 heteroatoms. The summed E-state index contributed by atoms with van der Waals surface area (Å²) < 4.78 is 5.17. The van der Waals surface area contributed by atoms with Crippen molar-refractivity contribution in [1.82, 2.24) is 4.98 Å². The average molecular weight is 240 g/mol. The summed E-state index contributed by atoms with van der Waals surface area (Å²) >= 11 is 0. The predicted octanol–water partition coefficient (Wildman–Crippen LogP) is -0.266. The highest BCUT2D eigenvalue weighted by Gasteiger charge is 2.04. The highest BCUT2D eigenvalue weighted by atomic mass is 16.6. The van der Waals surface area contributed by atoms with Crippen molar-refractivity contribution in [2.75, 3.05) is 13.2 Å². The summed E-state index contributed by atoms with van der Waals surface area (Å²) in [5, 5.41) is 8.44. The van der Waals surface area contributed by atoms with Crippen LogP contribution < -0.4 is 16.4 Å². The predicted molar refractivity (Wildman–Crippen MR) is 58.6 cm³/mol. The van der Waals surface area contributed by atoms with E-state index >= 15 is 0 Å². The molecular formula is C9H12N4O4. The maximum Gasteiger partial charge on any atom is 0.433 e. The minimum Gasteiger partial charge on any atom is -0.475 e. The summed E-state index contributed by atoms with van der Waals surface area (Å²) in [4.78, 5) is 21.7. The molecule has 0 aliphatic rings. The van der Waals surface area contributed by atoms with Crippen LogP contribution in [0, 0.1) is 0 Å². The van der Waals surface area contributed by atoms with Crippen LogP contribution in [0.3, 0.4) is 0 Å². The third-order valence-corrected chi connectivity index (χ3v) is 1.70. The van der Waals surface area contributed by atoms with Gasteiger partial charge in [0.2, 0.25) is 5.88 Å². The van der Waals surface area contributed by atoms with E-state index in [9.17, 15) is 4.79 Å². The molecule has 1 aromatic rings. The zero-order valence-electron chi connectivity index (χ0n) is 8.87. The Balaban J connectivity index is 2.75. The smallest absolute Gasteiger partial charge is 0.433 e. The van der Waals surface area contributed by atoms with Crippen LogP contribution in [-0.2, 0) is 4.84 Å². The Kier molecular flexibility index (Phi) is 4.85. The average Bonchev–Trinajstić information content (AvgIpc) is 2.29. The fourth-order valence-corrected chi connectivity index (χ4v) is 1.01. The van der Waals surface area contributed by atoms with Crippen LogP contribution in [-0.4, -0.2) is 35.2 Å². The molecule has 0 fully saturated rings. The first-order valence-electron chi connectivity index (χ1n) is 4.61. The van der Waals surface area contributed by atoms with Gasteiger partial charge in [-0.25, -0.2) is 15.7 Å².